The van der Waals surface area contributed by atoms with Crippen LogP contribution in [0.3, 0.4) is 0 Å². The molecule has 0 saturated carbocycles. The average Bonchev–Trinajstić information content (AvgIpc) is 2.21. The zero-order valence-corrected chi connectivity index (χ0v) is 8.71. The summed E-state index contributed by atoms with van der Waals surface area (Å²) in [7, 11) is 0. The van der Waals surface area contributed by atoms with Crippen LogP contribution in [0.25, 0.3) is 0 Å². The second kappa shape index (κ2) is 4.90. The van der Waals surface area contributed by atoms with Crippen molar-refractivity contribution < 1.29 is 9.90 Å². The number of hydrogen-bond donors (Lipinski definition) is 3. The van der Waals surface area contributed by atoms with Crippen LogP contribution in [0.1, 0.15) is 17.3 Å². The van der Waals surface area contributed by atoms with Crippen molar-refractivity contribution in [1.82, 2.24) is 15.5 Å². The van der Waals surface area contributed by atoms with Gasteiger partial charge >= 0.3 is 0 Å². The molecule has 0 fully saturated rings. The van der Waals surface area contributed by atoms with Crippen LogP contribution in [0.2, 0.25) is 5.15 Å². The lowest BCUT2D eigenvalue weighted by atomic mass is 10.2. The monoisotopic (exact) mass is 231 g/mol. The number of H-pyrrole nitrogens is 1. The quantitative estimate of drug-likeness (QED) is 0.656. The third-order valence-electron chi connectivity index (χ3n) is 1.67. The summed E-state index contributed by atoms with van der Waals surface area (Å²) in [6, 6.07) is 0.739. The summed E-state index contributed by atoms with van der Waals surface area (Å²) < 4.78 is 0. The summed E-state index contributed by atoms with van der Waals surface area (Å²) in [5, 5.41) is 16.7. The molecular weight excluding hydrogens is 222 g/mol. The number of halogens is 1. The van der Waals surface area contributed by atoms with Gasteiger partial charge in [-0.25, -0.2) is 5.10 Å². The smallest absolute Gasteiger partial charge is 0.277 e. The Morgan fingerprint density at radius 2 is 2.47 bits per heavy atom. The summed E-state index contributed by atoms with van der Waals surface area (Å²) >= 11 is 5.52. The topological polar surface area (TPSA) is 95.1 Å². The van der Waals surface area contributed by atoms with Crippen LogP contribution >= 0.6 is 11.6 Å². The SMILES string of the molecule is CC(CO)NC(=O)c1cc(Cl)n[nH]c1=O. The Labute approximate surface area is 90.3 Å². The molecule has 0 radical (unpaired) electrons. The van der Waals surface area contributed by atoms with Gasteiger partial charge in [-0.2, -0.15) is 5.10 Å². The van der Waals surface area contributed by atoms with Crippen molar-refractivity contribution in [1.29, 1.82) is 0 Å². The zero-order chi connectivity index (χ0) is 11.4. The molecule has 1 aromatic heterocycles. The van der Waals surface area contributed by atoms with Crippen LogP contribution in [-0.2, 0) is 0 Å². The molecule has 82 valence electrons. The summed E-state index contributed by atoms with van der Waals surface area (Å²) in [5.74, 6) is -0.595. The number of aromatic nitrogens is 2. The van der Waals surface area contributed by atoms with E-state index in [-0.39, 0.29) is 17.3 Å². The van der Waals surface area contributed by atoms with Gasteiger partial charge in [-0.3, -0.25) is 9.59 Å². The van der Waals surface area contributed by atoms with Crippen molar-refractivity contribution in [2.75, 3.05) is 6.61 Å². The molecule has 1 unspecified atom stereocenters. The summed E-state index contributed by atoms with van der Waals surface area (Å²) in [6.07, 6.45) is 0. The van der Waals surface area contributed by atoms with Gasteiger partial charge in [0.15, 0.2) is 0 Å². The number of aliphatic hydroxyl groups is 1. The normalized spacial score (nSPS) is 12.2. The molecule has 0 aliphatic carbocycles. The number of aliphatic hydroxyl groups excluding tert-OH is 1. The van der Waals surface area contributed by atoms with Crippen LogP contribution in [-0.4, -0.2) is 33.9 Å². The van der Waals surface area contributed by atoms with E-state index in [0.29, 0.717) is 0 Å². The van der Waals surface area contributed by atoms with E-state index < -0.39 is 17.5 Å². The van der Waals surface area contributed by atoms with Crippen LogP contribution in [0.5, 0.6) is 0 Å². The number of aromatic amines is 1. The molecule has 15 heavy (non-hydrogen) atoms. The molecule has 0 bridgehead atoms. The van der Waals surface area contributed by atoms with Crippen molar-refractivity contribution in [2.24, 2.45) is 0 Å². The molecule has 1 aromatic rings. The second-order valence-electron chi connectivity index (χ2n) is 2.99. The first-order valence-corrected chi connectivity index (χ1v) is 4.59. The fraction of sp³-hybridized carbons (Fsp3) is 0.375. The van der Waals surface area contributed by atoms with Crippen LogP contribution in [0, 0.1) is 0 Å². The number of nitrogens with zero attached hydrogens (tertiary/aromatic N) is 1. The van der Waals surface area contributed by atoms with E-state index in [2.05, 4.69) is 15.5 Å². The Kier molecular flexibility index (Phi) is 3.81. The molecule has 0 spiro atoms. The number of rotatable bonds is 3. The first-order valence-electron chi connectivity index (χ1n) is 4.21. The molecule has 0 aliphatic heterocycles. The lowest BCUT2D eigenvalue weighted by Crippen LogP contribution is -2.37. The first-order chi connectivity index (χ1) is 7.04. The molecule has 7 heteroatoms. The zero-order valence-electron chi connectivity index (χ0n) is 7.95. The van der Waals surface area contributed by atoms with Crippen LogP contribution < -0.4 is 10.9 Å². The highest BCUT2D eigenvalue weighted by molar-refractivity contribution is 6.29. The number of amides is 1. The van der Waals surface area contributed by atoms with E-state index in [1.54, 1.807) is 6.92 Å². The Hall–Kier alpha value is -1.40. The van der Waals surface area contributed by atoms with Crippen molar-refractivity contribution >= 4 is 17.5 Å². The van der Waals surface area contributed by atoms with Gasteiger partial charge in [-0.05, 0) is 13.0 Å². The summed E-state index contributed by atoms with van der Waals surface area (Å²) in [5.41, 5.74) is -0.752. The van der Waals surface area contributed by atoms with Gasteiger partial charge in [-0.15, -0.1) is 0 Å². The van der Waals surface area contributed by atoms with Crippen molar-refractivity contribution in [3.63, 3.8) is 0 Å². The van der Waals surface area contributed by atoms with E-state index in [1.165, 1.54) is 6.07 Å². The largest absolute Gasteiger partial charge is 0.394 e. The van der Waals surface area contributed by atoms with Crippen molar-refractivity contribution in [3.8, 4) is 0 Å². The highest BCUT2D eigenvalue weighted by Crippen LogP contribution is 2.01. The van der Waals surface area contributed by atoms with E-state index in [4.69, 9.17) is 16.7 Å². The molecule has 3 N–H and O–H groups in total. The standard InChI is InChI=1S/C8H10ClN3O3/c1-4(3-13)10-7(14)5-2-6(9)11-12-8(5)15/h2,4,13H,3H2,1H3,(H,10,14)(H,12,15). The molecule has 0 aliphatic rings. The van der Waals surface area contributed by atoms with E-state index >= 15 is 0 Å². The Morgan fingerprint density at radius 3 is 3.07 bits per heavy atom. The van der Waals surface area contributed by atoms with Crippen LogP contribution in [0.4, 0.5) is 0 Å². The summed E-state index contributed by atoms with van der Waals surface area (Å²) in [6.45, 7) is 1.40. The van der Waals surface area contributed by atoms with Gasteiger partial charge in [-0.1, -0.05) is 11.6 Å². The number of nitrogens with one attached hydrogen (secondary N) is 2. The Morgan fingerprint density at radius 1 is 1.80 bits per heavy atom. The second-order valence-corrected chi connectivity index (χ2v) is 3.38. The maximum absolute atomic E-state index is 11.5. The maximum atomic E-state index is 11.5. The fourth-order valence-electron chi connectivity index (χ4n) is 0.897. The van der Waals surface area contributed by atoms with Crippen molar-refractivity contribution in [2.45, 2.75) is 13.0 Å². The minimum absolute atomic E-state index is 0.0244. The number of carbonyl (C=O) groups is 1. The van der Waals surface area contributed by atoms with E-state index in [0.717, 1.165) is 0 Å². The lowest BCUT2D eigenvalue weighted by molar-refractivity contribution is 0.0920. The first kappa shape index (κ1) is 11.7. The minimum Gasteiger partial charge on any atom is -0.394 e. The van der Waals surface area contributed by atoms with Gasteiger partial charge in [0, 0.05) is 6.04 Å². The summed E-state index contributed by atoms with van der Waals surface area (Å²) in [4.78, 5) is 22.6. The molecule has 1 amide bonds. The Balaban J connectivity index is 2.91. The van der Waals surface area contributed by atoms with Gasteiger partial charge in [0.1, 0.15) is 10.7 Å². The number of hydrogen-bond acceptors (Lipinski definition) is 4. The fourth-order valence-corrected chi connectivity index (χ4v) is 1.05. The molecule has 1 heterocycles. The molecule has 0 saturated heterocycles. The van der Waals surface area contributed by atoms with Crippen molar-refractivity contribution in [3.05, 3.63) is 27.1 Å². The van der Waals surface area contributed by atoms with Crippen LogP contribution in [0.15, 0.2) is 10.9 Å². The number of carbonyl (C=O) groups excluding carboxylic acids is 1. The van der Waals surface area contributed by atoms with Gasteiger partial charge < -0.3 is 10.4 Å². The maximum Gasteiger partial charge on any atom is 0.277 e. The van der Waals surface area contributed by atoms with Gasteiger partial charge in [0.05, 0.1) is 6.61 Å². The van der Waals surface area contributed by atoms with Gasteiger partial charge in [0.2, 0.25) is 0 Å². The molecule has 1 rings (SSSR count). The third kappa shape index (κ3) is 3.03. The highest BCUT2D eigenvalue weighted by atomic mass is 35.5. The minimum atomic E-state index is -0.623. The highest BCUT2D eigenvalue weighted by Gasteiger charge is 2.13. The van der Waals surface area contributed by atoms with E-state index in [9.17, 15) is 9.59 Å². The average molecular weight is 232 g/mol. The molecule has 1 atom stereocenters. The van der Waals surface area contributed by atoms with Gasteiger partial charge in [0.25, 0.3) is 11.5 Å². The molecule has 0 aromatic carbocycles. The predicted molar refractivity (Wildman–Crippen MR) is 53.9 cm³/mol. The molecule has 6 nitrogen and oxygen atoms in total. The molecular formula is C8H10ClN3O3. The van der Waals surface area contributed by atoms with E-state index in [1.807, 2.05) is 0 Å². The lowest BCUT2D eigenvalue weighted by Gasteiger charge is -2.09. The predicted octanol–water partition coefficient (Wildman–Crippen LogP) is -0.466. The third-order valence-corrected chi connectivity index (χ3v) is 1.86. The Bertz CT molecular complexity index is 418.